The standard InChI is InChI=1S/C25H24N4O3/c1-16-7-6-8-21(18(16)3)28-25(31)27-19-11-10-17(2)22(13-19)32-15-20-14-24(30)29-12-5-4-9-23(29)26-20/h4-14H,15H2,1-3H3,(H2,27,28,31). The molecule has 2 aromatic heterocycles. The summed E-state index contributed by atoms with van der Waals surface area (Å²) in [5.41, 5.74) is 5.33. The zero-order valence-corrected chi connectivity index (χ0v) is 18.2. The Morgan fingerprint density at radius 3 is 2.66 bits per heavy atom. The number of ether oxygens (including phenoxy) is 1. The number of benzene rings is 2. The summed E-state index contributed by atoms with van der Waals surface area (Å²) in [6, 6.07) is 17.7. The molecule has 2 heterocycles. The normalized spacial score (nSPS) is 10.7. The average molecular weight is 428 g/mol. The van der Waals surface area contributed by atoms with E-state index in [-0.39, 0.29) is 18.2 Å². The van der Waals surface area contributed by atoms with Crippen LogP contribution < -0.4 is 20.9 Å². The van der Waals surface area contributed by atoms with Gasteiger partial charge in [0.05, 0.1) is 5.69 Å². The Labute approximate surface area is 185 Å². The van der Waals surface area contributed by atoms with Crippen molar-refractivity contribution in [3.63, 3.8) is 0 Å². The molecule has 0 radical (unpaired) electrons. The molecule has 0 aliphatic heterocycles. The van der Waals surface area contributed by atoms with Crippen molar-refractivity contribution in [3.05, 3.63) is 99.6 Å². The highest BCUT2D eigenvalue weighted by molar-refractivity contribution is 6.00. The van der Waals surface area contributed by atoms with Crippen molar-refractivity contribution in [2.45, 2.75) is 27.4 Å². The largest absolute Gasteiger partial charge is 0.487 e. The van der Waals surface area contributed by atoms with E-state index in [0.717, 1.165) is 22.4 Å². The fraction of sp³-hybridized carbons (Fsp3) is 0.160. The fourth-order valence-electron chi connectivity index (χ4n) is 3.33. The van der Waals surface area contributed by atoms with Crippen LogP contribution in [0.25, 0.3) is 5.65 Å². The van der Waals surface area contributed by atoms with E-state index >= 15 is 0 Å². The van der Waals surface area contributed by atoms with Crippen molar-refractivity contribution < 1.29 is 9.53 Å². The van der Waals surface area contributed by atoms with Crippen molar-refractivity contribution >= 4 is 23.1 Å². The Kier molecular flexibility index (Phi) is 5.89. The Morgan fingerprint density at radius 1 is 0.969 bits per heavy atom. The molecule has 0 aliphatic rings. The molecule has 7 nitrogen and oxygen atoms in total. The van der Waals surface area contributed by atoms with Crippen LogP contribution in [-0.2, 0) is 6.61 Å². The van der Waals surface area contributed by atoms with Crippen LogP contribution in [0.5, 0.6) is 5.75 Å². The summed E-state index contributed by atoms with van der Waals surface area (Å²) in [5, 5.41) is 5.71. The van der Waals surface area contributed by atoms with Crippen LogP contribution in [0.3, 0.4) is 0 Å². The summed E-state index contributed by atoms with van der Waals surface area (Å²) in [7, 11) is 0. The first-order valence-electron chi connectivity index (χ1n) is 10.3. The van der Waals surface area contributed by atoms with Gasteiger partial charge in [0.25, 0.3) is 5.56 Å². The highest BCUT2D eigenvalue weighted by Crippen LogP contribution is 2.24. The van der Waals surface area contributed by atoms with Gasteiger partial charge in [-0.15, -0.1) is 0 Å². The number of aromatic nitrogens is 2. The zero-order valence-electron chi connectivity index (χ0n) is 18.2. The molecule has 2 N–H and O–H groups in total. The lowest BCUT2D eigenvalue weighted by atomic mass is 10.1. The van der Waals surface area contributed by atoms with E-state index in [0.29, 0.717) is 22.8 Å². The molecule has 0 bridgehead atoms. The first-order chi connectivity index (χ1) is 15.4. The number of nitrogens with one attached hydrogen (secondary N) is 2. The number of carbonyl (C=O) groups excluding carboxylic acids is 1. The smallest absolute Gasteiger partial charge is 0.323 e. The first kappa shape index (κ1) is 21.1. The third kappa shape index (κ3) is 4.62. The van der Waals surface area contributed by atoms with Crippen LogP contribution in [0.15, 0.2) is 71.7 Å². The summed E-state index contributed by atoms with van der Waals surface area (Å²) in [6.45, 7) is 6.02. The minimum atomic E-state index is -0.335. The lowest BCUT2D eigenvalue weighted by molar-refractivity contribution is 0.262. The highest BCUT2D eigenvalue weighted by atomic mass is 16.5. The van der Waals surface area contributed by atoms with Gasteiger partial charge in [-0.3, -0.25) is 9.20 Å². The zero-order chi connectivity index (χ0) is 22.7. The Hall–Kier alpha value is -4.13. The van der Waals surface area contributed by atoms with Crippen LogP contribution in [0.1, 0.15) is 22.4 Å². The summed E-state index contributed by atoms with van der Waals surface area (Å²) in [4.78, 5) is 29.2. The SMILES string of the molecule is Cc1ccc(NC(=O)Nc2cccc(C)c2C)cc1OCc1cc(=O)n2ccccc2n1. The second-order valence-corrected chi connectivity index (χ2v) is 7.61. The molecular formula is C25H24N4O3. The summed E-state index contributed by atoms with van der Waals surface area (Å²) in [5.74, 6) is 0.601. The number of fused-ring (bicyclic) bond motifs is 1. The van der Waals surface area contributed by atoms with Gasteiger partial charge in [0, 0.05) is 29.7 Å². The van der Waals surface area contributed by atoms with Crippen LogP contribution >= 0.6 is 0 Å². The molecule has 0 saturated carbocycles. The quantitative estimate of drug-likeness (QED) is 0.476. The minimum Gasteiger partial charge on any atom is -0.487 e. The van der Waals surface area contributed by atoms with E-state index in [1.54, 1.807) is 24.4 Å². The molecule has 2 aromatic carbocycles. The number of pyridine rings is 1. The Bertz CT molecular complexity index is 1360. The molecule has 0 unspecified atom stereocenters. The van der Waals surface area contributed by atoms with Crippen LogP contribution in [0.2, 0.25) is 0 Å². The van der Waals surface area contributed by atoms with Gasteiger partial charge in [-0.05, 0) is 61.7 Å². The number of nitrogens with zero attached hydrogens (tertiary/aromatic N) is 2. The van der Waals surface area contributed by atoms with Crippen molar-refractivity contribution in [1.82, 2.24) is 9.38 Å². The number of amides is 2. The topological polar surface area (TPSA) is 84.7 Å². The fourth-order valence-corrected chi connectivity index (χ4v) is 3.33. The van der Waals surface area contributed by atoms with Crippen molar-refractivity contribution in [2.75, 3.05) is 10.6 Å². The van der Waals surface area contributed by atoms with Crippen LogP contribution in [0, 0.1) is 20.8 Å². The maximum atomic E-state index is 12.5. The lowest BCUT2D eigenvalue weighted by Crippen LogP contribution is -2.20. The lowest BCUT2D eigenvalue weighted by Gasteiger charge is -2.14. The second-order valence-electron chi connectivity index (χ2n) is 7.61. The van der Waals surface area contributed by atoms with Gasteiger partial charge in [0.1, 0.15) is 18.0 Å². The molecular weight excluding hydrogens is 404 g/mol. The van der Waals surface area contributed by atoms with Gasteiger partial charge in [0.15, 0.2) is 0 Å². The number of anilines is 2. The third-order valence-corrected chi connectivity index (χ3v) is 5.30. The molecule has 4 rings (SSSR count). The van der Waals surface area contributed by atoms with E-state index in [4.69, 9.17) is 4.74 Å². The van der Waals surface area contributed by atoms with Gasteiger partial charge in [-0.1, -0.05) is 24.3 Å². The number of hydrogen-bond acceptors (Lipinski definition) is 4. The van der Waals surface area contributed by atoms with Gasteiger partial charge in [0.2, 0.25) is 0 Å². The number of rotatable bonds is 5. The number of hydrogen-bond donors (Lipinski definition) is 2. The van der Waals surface area contributed by atoms with Gasteiger partial charge in [-0.2, -0.15) is 0 Å². The van der Waals surface area contributed by atoms with Crippen molar-refractivity contribution in [1.29, 1.82) is 0 Å². The minimum absolute atomic E-state index is 0.139. The van der Waals surface area contributed by atoms with Gasteiger partial charge in [-0.25, -0.2) is 9.78 Å². The molecule has 0 atom stereocenters. The summed E-state index contributed by atoms with van der Waals surface area (Å²) < 4.78 is 7.40. The molecule has 2 amide bonds. The number of urea groups is 1. The Balaban J connectivity index is 1.46. The molecule has 0 fully saturated rings. The maximum absolute atomic E-state index is 12.5. The maximum Gasteiger partial charge on any atom is 0.323 e. The monoisotopic (exact) mass is 428 g/mol. The third-order valence-electron chi connectivity index (χ3n) is 5.30. The van der Waals surface area contributed by atoms with Crippen molar-refractivity contribution in [2.24, 2.45) is 0 Å². The van der Waals surface area contributed by atoms with E-state index in [9.17, 15) is 9.59 Å². The van der Waals surface area contributed by atoms with Gasteiger partial charge < -0.3 is 15.4 Å². The number of aryl methyl sites for hydroxylation is 2. The van der Waals surface area contributed by atoms with E-state index < -0.39 is 0 Å². The molecule has 162 valence electrons. The molecule has 0 aliphatic carbocycles. The molecule has 32 heavy (non-hydrogen) atoms. The average Bonchev–Trinajstić information content (AvgIpc) is 2.77. The van der Waals surface area contributed by atoms with E-state index in [1.165, 1.54) is 10.5 Å². The second kappa shape index (κ2) is 8.93. The highest BCUT2D eigenvalue weighted by Gasteiger charge is 2.09. The number of carbonyl (C=O) groups is 1. The first-order valence-corrected chi connectivity index (χ1v) is 10.3. The summed E-state index contributed by atoms with van der Waals surface area (Å²) in [6.07, 6.45) is 1.68. The van der Waals surface area contributed by atoms with Crippen molar-refractivity contribution in [3.8, 4) is 5.75 Å². The van der Waals surface area contributed by atoms with E-state index in [1.807, 2.05) is 57.2 Å². The summed E-state index contributed by atoms with van der Waals surface area (Å²) >= 11 is 0. The van der Waals surface area contributed by atoms with Crippen LogP contribution in [-0.4, -0.2) is 15.4 Å². The molecule has 0 saturated heterocycles. The molecule has 4 aromatic rings. The molecule has 0 spiro atoms. The van der Waals surface area contributed by atoms with E-state index in [2.05, 4.69) is 15.6 Å². The van der Waals surface area contributed by atoms with Gasteiger partial charge >= 0.3 is 6.03 Å². The Morgan fingerprint density at radius 2 is 1.81 bits per heavy atom. The predicted molar refractivity (Wildman–Crippen MR) is 126 cm³/mol. The predicted octanol–water partition coefficient (Wildman–Crippen LogP) is 4.84. The van der Waals surface area contributed by atoms with Crippen LogP contribution in [0.4, 0.5) is 16.2 Å². The molecule has 7 heteroatoms.